The van der Waals surface area contributed by atoms with Gasteiger partial charge in [0.1, 0.15) is 0 Å². The molecular weight excluding hydrogens is 274 g/mol. The van der Waals surface area contributed by atoms with Crippen molar-refractivity contribution in [1.82, 2.24) is 4.98 Å². The molecule has 4 heteroatoms. The summed E-state index contributed by atoms with van der Waals surface area (Å²) in [5.74, 6) is 0.393. The van der Waals surface area contributed by atoms with Crippen molar-refractivity contribution in [3.63, 3.8) is 0 Å². The second-order valence-corrected chi connectivity index (χ2v) is 4.67. The lowest BCUT2D eigenvalue weighted by Crippen LogP contribution is -1.98. The van der Waals surface area contributed by atoms with E-state index in [9.17, 15) is 4.79 Å². The van der Waals surface area contributed by atoms with Crippen molar-refractivity contribution in [2.75, 3.05) is 0 Å². The van der Waals surface area contributed by atoms with Crippen LogP contribution in [-0.4, -0.2) is 10.8 Å². The zero-order chi connectivity index (χ0) is 13.9. The molecule has 0 amide bonds. The monoisotopic (exact) mass is 283 g/mol. The number of hydrogen-bond acceptors (Lipinski definition) is 3. The number of nitrogens with zero attached hydrogens (tertiary/aromatic N) is 1. The molecule has 0 bridgehead atoms. The fraction of sp³-hybridized carbons (Fsp3) is 0. The Morgan fingerprint density at radius 2 is 1.85 bits per heavy atom. The minimum atomic E-state index is -0.234. The fourth-order valence-electron chi connectivity index (χ4n) is 1.87. The van der Waals surface area contributed by atoms with Crippen LogP contribution in [0.1, 0.15) is 16.1 Å². The number of halogens is 1. The smallest absolute Gasteiger partial charge is 0.229 e. The van der Waals surface area contributed by atoms with Gasteiger partial charge in [0, 0.05) is 16.1 Å². The van der Waals surface area contributed by atoms with Gasteiger partial charge in [-0.3, -0.25) is 4.79 Å². The Morgan fingerprint density at radius 1 is 1.05 bits per heavy atom. The zero-order valence-corrected chi connectivity index (χ0v) is 11.2. The highest BCUT2D eigenvalue weighted by atomic mass is 35.5. The molecule has 0 saturated carbocycles. The van der Waals surface area contributed by atoms with E-state index in [1.165, 1.54) is 6.20 Å². The second-order valence-electron chi connectivity index (χ2n) is 4.24. The molecule has 0 N–H and O–H groups in total. The summed E-state index contributed by atoms with van der Waals surface area (Å²) in [5, 5.41) is 0.513. The molecule has 0 radical (unpaired) electrons. The van der Waals surface area contributed by atoms with Gasteiger partial charge in [-0.25, -0.2) is 4.98 Å². The molecule has 0 aliphatic heterocycles. The average molecular weight is 284 g/mol. The molecule has 0 unspecified atom stereocenters. The summed E-state index contributed by atoms with van der Waals surface area (Å²) in [6.45, 7) is 0. The topological polar surface area (TPSA) is 43.1 Å². The third-order valence-electron chi connectivity index (χ3n) is 2.84. The predicted octanol–water partition coefficient (Wildman–Crippen LogP) is 4.23. The number of ketones is 1. The number of oxazole rings is 1. The van der Waals surface area contributed by atoms with E-state index < -0.39 is 0 Å². The second kappa shape index (κ2) is 5.31. The molecule has 0 spiro atoms. The first-order chi connectivity index (χ1) is 9.74. The number of carbonyl (C=O) groups is 1. The van der Waals surface area contributed by atoms with Crippen LogP contribution in [0, 0.1) is 0 Å². The lowest BCUT2D eigenvalue weighted by molar-refractivity contribution is 0.101. The van der Waals surface area contributed by atoms with E-state index in [1.54, 1.807) is 24.3 Å². The molecule has 0 aliphatic carbocycles. The largest absolute Gasteiger partial charge is 0.433 e. The first kappa shape index (κ1) is 12.6. The van der Waals surface area contributed by atoms with Crippen molar-refractivity contribution in [2.45, 2.75) is 0 Å². The van der Waals surface area contributed by atoms with E-state index in [2.05, 4.69) is 4.98 Å². The van der Waals surface area contributed by atoms with Gasteiger partial charge in [0.05, 0.1) is 6.20 Å². The van der Waals surface area contributed by atoms with Gasteiger partial charge in [0.25, 0.3) is 0 Å². The number of benzene rings is 2. The molecule has 98 valence electrons. The van der Waals surface area contributed by atoms with Crippen molar-refractivity contribution in [2.24, 2.45) is 0 Å². The van der Waals surface area contributed by atoms with Crippen LogP contribution in [-0.2, 0) is 0 Å². The Morgan fingerprint density at radius 3 is 2.60 bits per heavy atom. The van der Waals surface area contributed by atoms with Gasteiger partial charge < -0.3 is 4.42 Å². The van der Waals surface area contributed by atoms with E-state index in [0.717, 1.165) is 5.56 Å². The van der Waals surface area contributed by atoms with Crippen molar-refractivity contribution >= 4 is 17.4 Å². The average Bonchev–Trinajstić information content (AvgIpc) is 2.97. The van der Waals surface area contributed by atoms with Crippen LogP contribution in [0.4, 0.5) is 0 Å². The molecule has 3 nitrogen and oxygen atoms in total. The maximum Gasteiger partial charge on any atom is 0.229 e. The summed E-state index contributed by atoms with van der Waals surface area (Å²) >= 11 is 5.88. The predicted molar refractivity (Wildman–Crippen MR) is 76.8 cm³/mol. The third kappa shape index (κ3) is 2.49. The van der Waals surface area contributed by atoms with Crippen LogP contribution in [0.15, 0.2) is 65.2 Å². The van der Waals surface area contributed by atoms with Crippen LogP contribution in [0.2, 0.25) is 5.02 Å². The number of aromatic nitrogens is 1. The Hall–Kier alpha value is -2.39. The summed E-state index contributed by atoms with van der Waals surface area (Å²) in [4.78, 5) is 16.4. The van der Waals surface area contributed by atoms with Gasteiger partial charge >= 0.3 is 0 Å². The maximum absolute atomic E-state index is 12.3. The number of rotatable bonds is 3. The highest BCUT2D eigenvalue weighted by molar-refractivity contribution is 6.31. The molecule has 0 fully saturated rings. The van der Waals surface area contributed by atoms with E-state index in [4.69, 9.17) is 16.0 Å². The molecule has 2 aromatic carbocycles. The van der Waals surface area contributed by atoms with Gasteiger partial charge in [0.15, 0.2) is 5.76 Å². The van der Waals surface area contributed by atoms with Crippen molar-refractivity contribution in [3.8, 4) is 11.5 Å². The Balaban J connectivity index is 1.93. The number of hydrogen-bond donors (Lipinski definition) is 0. The normalized spacial score (nSPS) is 10.4. The van der Waals surface area contributed by atoms with Crippen LogP contribution in [0.3, 0.4) is 0 Å². The molecule has 0 aliphatic rings. The van der Waals surface area contributed by atoms with E-state index in [0.29, 0.717) is 16.5 Å². The van der Waals surface area contributed by atoms with Gasteiger partial charge in [-0.15, -0.1) is 0 Å². The summed E-state index contributed by atoms with van der Waals surface area (Å²) in [7, 11) is 0. The molecule has 1 heterocycles. The summed E-state index contributed by atoms with van der Waals surface area (Å²) in [6, 6.07) is 16.2. The Kier molecular flexibility index (Phi) is 3.35. The molecule has 3 aromatic rings. The van der Waals surface area contributed by atoms with Gasteiger partial charge in [0.2, 0.25) is 11.7 Å². The van der Waals surface area contributed by atoms with E-state index >= 15 is 0 Å². The zero-order valence-electron chi connectivity index (χ0n) is 10.4. The lowest BCUT2D eigenvalue weighted by atomic mass is 10.1. The minimum Gasteiger partial charge on any atom is -0.433 e. The van der Waals surface area contributed by atoms with Gasteiger partial charge in [-0.2, -0.15) is 0 Å². The molecular formula is C16H10ClNO2. The SMILES string of the molecule is O=C(c1cccc(Cl)c1)c1cnc(-c2ccccc2)o1. The van der Waals surface area contributed by atoms with Crippen LogP contribution >= 0.6 is 11.6 Å². The quantitative estimate of drug-likeness (QED) is 0.676. The van der Waals surface area contributed by atoms with Crippen molar-refractivity contribution < 1.29 is 9.21 Å². The highest BCUT2D eigenvalue weighted by Gasteiger charge is 2.15. The van der Waals surface area contributed by atoms with Crippen molar-refractivity contribution in [1.29, 1.82) is 0 Å². The summed E-state index contributed by atoms with van der Waals surface area (Å²) in [5.41, 5.74) is 1.31. The van der Waals surface area contributed by atoms with E-state index in [-0.39, 0.29) is 11.5 Å². The lowest BCUT2D eigenvalue weighted by Gasteiger charge is -1.98. The first-order valence-electron chi connectivity index (χ1n) is 6.05. The van der Waals surface area contributed by atoms with Crippen LogP contribution in [0.25, 0.3) is 11.5 Å². The van der Waals surface area contributed by atoms with Crippen LogP contribution < -0.4 is 0 Å². The molecule has 3 rings (SSSR count). The minimum absolute atomic E-state index is 0.200. The standard InChI is InChI=1S/C16H10ClNO2/c17-13-8-4-7-12(9-13)15(19)14-10-18-16(20-14)11-5-2-1-3-6-11/h1-10H. The third-order valence-corrected chi connectivity index (χ3v) is 3.07. The fourth-order valence-corrected chi connectivity index (χ4v) is 2.06. The Labute approximate surface area is 120 Å². The first-order valence-corrected chi connectivity index (χ1v) is 6.43. The summed E-state index contributed by atoms with van der Waals surface area (Å²) < 4.78 is 5.52. The Bertz CT molecular complexity index is 750. The molecule has 0 atom stereocenters. The molecule has 20 heavy (non-hydrogen) atoms. The van der Waals surface area contributed by atoms with Crippen LogP contribution in [0.5, 0.6) is 0 Å². The van der Waals surface area contributed by atoms with Crippen molar-refractivity contribution in [3.05, 3.63) is 77.1 Å². The molecule has 0 saturated heterocycles. The molecule has 1 aromatic heterocycles. The van der Waals surface area contributed by atoms with Gasteiger partial charge in [-0.05, 0) is 24.3 Å². The van der Waals surface area contributed by atoms with E-state index in [1.807, 2.05) is 30.3 Å². The van der Waals surface area contributed by atoms with Gasteiger partial charge in [-0.1, -0.05) is 41.9 Å². The maximum atomic E-state index is 12.3. The number of carbonyl (C=O) groups excluding carboxylic acids is 1. The highest BCUT2D eigenvalue weighted by Crippen LogP contribution is 2.21. The summed E-state index contributed by atoms with van der Waals surface area (Å²) in [6.07, 6.45) is 1.44.